The summed E-state index contributed by atoms with van der Waals surface area (Å²) in [5.74, 6) is 0.856. The number of hydrogen-bond acceptors (Lipinski definition) is 4. The number of oxazole rings is 1. The first kappa shape index (κ1) is 9.18. The standard InChI is InChI=1S/C7H4BrClN2OS/c8-5-3-13-11-6(5)7-10-4(1-9)2-12-7/h2-3H,1H2. The number of rotatable bonds is 2. The molecule has 0 aliphatic rings. The molecule has 13 heavy (non-hydrogen) atoms. The summed E-state index contributed by atoms with van der Waals surface area (Å²) >= 11 is 10.3. The lowest BCUT2D eigenvalue weighted by atomic mass is 10.4. The van der Waals surface area contributed by atoms with Gasteiger partial charge < -0.3 is 4.42 Å². The molecular formula is C7H4BrClN2OS. The van der Waals surface area contributed by atoms with Crippen molar-refractivity contribution in [3.05, 3.63) is 21.8 Å². The van der Waals surface area contributed by atoms with Gasteiger partial charge >= 0.3 is 0 Å². The molecule has 0 saturated carbocycles. The number of aromatic nitrogens is 2. The van der Waals surface area contributed by atoms with Crippen molar-refractivity contribution in [3.63, 3.8) is 0 Å². The van der Waals surface area contributed by atoms with E-state index >= 15 is 0 Å². The van der Waals surface area contributed by atoms with Gasteiger partial charge in [0.05, 0.1) is 16.0 Å². The molecule has 68 valence electrons. The average Bonchev–Trinajstić information content (AvgIpc) is 2.71. The molecule has 6 heteroatoms. The fraction of sp³-hybridized carbons (Fsp3) is 0.143. The van der Waals surface area contributed by atoms with E-state index < -0.39 is 0 Å². The number of nitrogens with zero attached hydrogens (tertiary/aromatic N) is 2. The van der Waals surface area contributed by atoms with E-state index in [9.17, 15) is 0 Å². The normalized spacial score (nSPS) is 10.6. The molecule has 0 radical (unpaired) electrons. The molecule has 0 atom stereocenters. The summed E-state index contributed by atoms with van der Waals surface area (Å²) in [4.78, 5) is 4.15. The van der Waals surface area contributed by atoms with Crippen LogP contribution in [0.4, 0.5) is 0 Å². The first-order chi connectivity index (χ1) is 6.31. The van der Waals surface area contributed by atoms with Gasteiger partial charge in [-0.05, 0) is 27.5 Å². The highest BCUT2D eigenvalue weighted by atomic mass is 79.9. The smallest absolute Gasteiger partial charge is 0.247 e. The monoisotopic (exact) mass is 278 g/mol. The molecule has 0 aliphatic carbocycles. The van der Waals surface area contributed by atoms with E-state index in [4.69, 9.17) is 16.0 Å². The molecule has 0 aromatic carbocycles. The van der Waals surface area contributed by atoms with E-state index in [2.05, 4.69) is 25.3 Å². The molecule has 0 saturated heterocycles. The van der Waals surface area contributed by atoms with Crippen molar-refractivity contribution in [1.29, 1.82) is 0 Å². The molecule has 2 aromatic rings. The zero-order valence-electron chi connectivity index (χ0n) is 6.33. The summed E-state index contributed by atoms with van der Waals surface area (Å²) in [7, 11) is 0. The van der Waals surface area contributed by atoms with Gasteiger partial charge in [-0.1, -0.05) is 0 Å². The first-order valence-electron chi connectivity index (χ1n) is 3.42. The molecular weight excluding hydrogens is 276 g/mol. The molecule has 2 aromatic heterocycles. The van der Waals surface area contributed by atoms with Crippen LogP contribution in [0.25, 0.3) is 11.6 Å². The predicted molar refractivity (Wildman–Crippen MR) is 54.9 cm³/mol. The third-order valence-corrected chi connectivity index (χ3v) is 3.23. The zero-order valence-corrected chi connectivity index (χ0v) is 9.49. The predicted octanol–water partition coefficient (Wildman–Crippen LogP) is 3.30. The van der Waals surface area contributed by atoms with Crippen molar-refractivity contribution in [2.75, 3.05) is 0 Å². The molecule has 2 rings (SSSR count). The quantitative estimate of drug-likeness (QED) is 0.792. The Morgan fingerprint density at radius 3 is 3.00 bits per heavy atom. The number of halogens is 2. The van der Waals surface area contributed by atoms with Gasteiger partial charge in [-0.2, -0.15) is 4.37 Å². The maximum atomic E-state index is 5.59. The van der Waals surface area contributed by atoms with Crippen molar-refractivity contribution in [2.45, 2.75) is 5.88 Å². The van der Waals surface area contributed by atoms with Crippen LogP contribution in [-0.4, -0.2) is 9.36 Å². The van der Waals surface area contributed by atoms with Crippen LogP contribution >= 0.6 is 39.1 Å². The third-order valence-electron chi connectivity index (χ3n) is 1.42. The summed E-state index contributed by atoms with van der Waals surface area (Å²) < 4.78 is 10.2. The zero-order chi connectivity index (χ0) is 9.26. The van der Waals surface area contributed by atoms with Gasteiger partial charge in [-0.25, -0.2) is 4.98 Å². The molecule has 0 amide bonds. The van der Waals surface area contributed by atoms with Crippen LogP contribution in [0, 0.1) is 0 Å². The largest absolute Gasteiger partial charge is 0.443 e. The highest BCUT2D eigenvalue weighted by Crippen LogP contribution is 2.27. The van der Waals surface area contributed by atoms with Gasteiger partial charge in [0.1, 0.15) is 6.26 Å². The van der Waals surface area contributed by atoms with Gasteiger partial charge in [-0.3, -0.25) is 0 Å². The second-order valence-electron chi connectivity index (χ2n) is 2.29. The van der Waals surface area contributed by atoms with Crippen molar-refractivity contribution in [3.8, 4) is 11.6 Å². The first-order valence-corrected chi connectivity index (χ1v) is 5.58. The van der Waals surface area contributed by atoms with E-state index in [-0.39, 0.29) is 0 Å². The van der Waals surface area contributed by atoms with Crippen LogP contribution in [-0.2, 0) is 5.88 Å². The molecule has 0 spiro atoms. The van der Waals surface area contributed by atoms with Crippen molar-refractivity contribution >= 4 is 39.1 Å². The summed E-state index contributed by atoms with van der Waals surface area (Å²) in [5.41, 5.74) is 1.44. The molecule has 0 aliphatic heterocycles. The molecule has 0 N–H and O–H groups in total. The molecule has 2 heterocycles. The Bertz CT molecular complexity index is 414. The SMILES string of the molecule is ClCc1coc(-c2nscc2Br)n1. The fourth-order valence-electron chi connectivity index (χ4n) is 0.843. The van der Waals surface area contributed by atoms with Gasteiger partial charge in [0.25, 0.3) is 0 Å². The maximum absolute atomic E-state index is 5.59. The Morgan fingerprint density at radius 1 is 1.62 bits per heavy atom. The van der Waals surface area contributed by atoms with Crippen molar-refractivity contribution < 1.29 is 4.42 Å². The van der Waals surface area contributed by atoms with Crippen LogP contribution in [0.15, 0.2) is 20.5 Å². The van der Waals surface area contributed by atoms with Crippen molar-refractivity contribution in [2.24, 2.45) is 0 Å². The highest BCUT2D eigenvalue weighted by molar-refractivity contribution is 9.10. The van der Waals surface area contributed by atoms with Crippen LogP contribution in [0.2, 0.25) is 0 Å². The van der Waals surface area contributed by atoms with E-state index in [0.29, 0.717) is 11.8 Å². The van der Waals surface area contributed by atoms with E-state index in [1.807, 2.05) is 5.38 Å². The second-order valence-corrected chi connectivity index (χ2v) is 4.04. The Kier molecular flexibility index (Phi) is 2.66. The molecule has 0 fully saturated rings. The van der Waals surface area contributed by atoms with Gasteiger partial charge in [-0.15, -0.1) is 11.6 Å². The van der Waals surface area contributed by atoms with Crippen LogP contribution in [0.5, 0.6) is 0 Å². The molecule has 0 unspecified atom stereocenters. The van der Waals surface area contributed by atoms with E-state index in [1.54, 1.807) is 0 Å². The van der Waals surface area contributed by atoms with Crippen molar-refractivity contribution in [1.82, 2.24) is 9.36 Å². The minimum absolute atomic E-state index is 0.352. The lowest BCUT2D eigenvalue weighted by Gasteiger charge is -1.87. The fourth-order valence-corrected chi connectivity index (χ4v) is 2.13. The summed E-state index contributed by atoms with van der Waals surface area (Å²) in [6, 6.07) is 0. The van der Waals surface area contributed by atoms with Gasteiger partial charge in [0.15, 0.2) is 5.69 Å². The maximum Gasteiger partial charge on any atom is 0.247 e. The lowest BCUT2D eigenvalue weighted by Crippen LogP contribution is -1.79. The average molecular weight is 280 g/mol. The van der Waals surface area contributed by atoms with Gasteiger partial charge in [0, 0.05) is 5.38 Å². The minimum atomic E-state index is 0.352. The summed E-state index contributed by atoms with van der Waals surface area (Å²) in [5, 5.41) is 1.87. The highest BCUT2D eigenvalue weighted by Gasteiger charge is 2.12. The van der Waals surface area contributed by atoms with Gasteiger partial charge in [0.2, 0.25) is 5.89 Å². The Morgan fingerprint density at radius 2 is 2.46 bits per heavy atom. The third kappa shape index (κ3) is 1.77. The summed E-state index contributed by atoms with van der Waals surface area (Å²) in [6.07, 6.45) is 1.54. The second kappa shape index (κ2) is 3.77. The van der Waals surface area contributed by atoms with Crippen LogP contribution in [0.3, 0.4) is 0 Å². The Labute approximate surface area is 92.0 Å². The molecule has 3 nitrogen and oxygen atoms in total. The van der Waals surface area contributed by atoms with Crippen LogP contribution in [0.1, 0.15) is 5.69 Å². The topological polar surface area (TPSA) is 38.9 Å². The molecule has 0 bridgehead atoms. The summed E-state index contributed by atoms with van der Waals surface area (Å²) in [6.45, 7) is 0. The number of hydrogen-bond donors (Lipinski definition) is 0. The minimum Gasteiger partial charge on any atom is -0.443 e. The Balaban J connectivity index is 2.41. The van der Waals surface area contributed by atoms with E-state index in [1.165, 1.54) is 17.8 Å². The lowest BCUT2D eigenvalue weighted by molar-refractivity contribution is 0.571. The Hall–Kier alpha value is -0.390. The number of alkyl halides is 1. The van der Waals surface area contributed by atoms with E-state index in [0.717, 1.165) is 15.9 Å². The van der Waals surface area contributed by atoms with Crippen LogP contribution < -0.4 is 0 Å².